The van der Waals surface area contributed by atoms with Gasteiger partial charge in [-0.25, -0.2) is 9.97 Å². The molecule has 0 fully saturated rings. The molecule has 0 aliphatic rings. The molecule has 0 radical (unpaired) electrons. The Morgan fingerprint density at radius 1 is 1.17 bits per heavy atom. The number of hydrogen-bond donors (Lipinski definition) is 1. The third-order valence-electron chi connectivity index (χ3n) is 3.97. The number of benzene rings is 1. The second-order valence-electron chi connectivity index (χ2n) is 5.98. The zero-order valence-corrected chi connectivity index (χ0v) is 16.0. The van der Waals surface area contributed by atoms with Gasteiger partial charge in [-0.15, -0.1) is 0 Å². The molecular formula is C20H17ClN4O4. The van der Waals surface area contributed by atoms with Gasteiger partial charge in [0, 0.05) is 29.9 Å². The van der Waals surface area contributed by atoms with Crippen molar-refractivity contribution in [2.45, 2.75) is 6.42 Å². The number of halogens is 1. The molecule has 2 heterocycles. The van der Waals surface area contributed by atoms with Crippen LogP contribution in [0.5, 0.6) is 5.75 Å². The van der Waals surface area contributed by atoms with Crippen molar-refractivity contribution < 1.29 is 14.5 Å². The van der Waals surface area contributed by atoms with Gasteiger partial charge < -0.3 is 10.1 Å². The molecule has 0 atom stereocenters. The normalized spacial score (nSPS) is 10.4. The van der Waals surface area contributed by atoms with Crippen molar-refractivity contribution in [3.8, 4) is 17.0 Å². The highest BCUT2D eigenvalue weighted by atomic mass is 35.5. The monoisotopic (exact) mass is 412 g/mol. The van der Waals surface area contributed by atoms with Crippen LogP contribution in [0.3, 0.4) is 0 Å². The predicted molar refractivity (Wildman–Crippen MR) is 108 cm³/mol. The topological polar surface area (TPSA) is 107 Å². The van der Waals surface area contributed by atoms with Crippen LogP contribution in [0.2, 0.25) is 5.15 Å². The van der Waals surface area contributed by atoms with Gasteiger partial charge in [0.2, 0.25) is 0 Å². The number of nitrogens with one attached hydrogen (secondary N) is 1. The Bertz CT molecular complexity index is 1010. The molecule has 0 bridgehead atoms. The van der Waals surface area contributed by atoms with E-state index in [1.54, 1.807) is 18.2 Å². The van der Waals surface area contributed by atoms with Gasteiger partial charge in [-0.05, 0) is 36.8 Å². The number of ether oxygens (including phenoxy) is 1. The lowest BCUT2D eigenvalue weighted by Gasteiger charge is -2.11. The maximum atomic E-state index is 12.1. The summed E-state index contributed by atoms with van der Waals surface area (Å²) in [4.78, 5) is 30.3. The summed E-state index contributed by atoms with van der Waals surface area (Å²) in [6.45, 7) is 0.804. The number of carbonyl (C=O) groups excluding carboxylic acids is 1. The Kier molecular flexibility index (Phi) is 6.70. The average molecular weight is 413 g/mol. The van der Waals surface area contributed by atoms with Crippen molar-refractivity contribution in [3.63, 3.8) is 0 Å². The maximum absolute atomic E-state index is 12.1. The summed E-state index contributed by atoms with van der Waals surface area (Å²) in [5.41, 5.74) is 1.69. The number of para-hydroxylation sites is 1. The molecule has 0 saturated carbocycles. The Morgan fingerprint density at radius 3 is 2.72 bits per heavy atom. The van der Waals surface area contributed by atoms with Gasteiger partial charge in [0.05, 0.1) is 17.2 Å². The zero-order chi connectivity index (χ0) is 20.6. The van der Waals surface area contributed by atoms with E-state index in [1.807, 2.05) is 18.2 Å². The number of nitrogens with zero attached hydrogens (tertiary/aromatic N) is 3. The fourth-order valence-corrected chi connectivity index (χ4v) is 2.73. The molecule has 0 spiro atoms. The molecule has 2 aromatic heterocycles. The number of amides is 1. The molecule has 0 unspecified atom stereocenters. The molecule has 3 rings (SSSR count). The van der Waals surface area contributed by atoms with E-state index in [9.17, 15) is 14.9 Å². The molecule has 8 nitrogen and oxygen atoms in total. The lowest BCUT2D eigenvalue weighted by atomic mass is 10.1. The number of nitro groups is 1. The molecule has 1 N–H and O–H groups in total. The maximum Gasteiger partial charge on any atom is 0.287 e. The molecule has 0 saturated heterocycles. The Hall–Kier alpha value is -3.52. The summed E-state index contributed by atoms with van der Waals surface area (Å²) in [5, 5.41) is 13.8. The number of rotatable bonds is 8. The number of hydrogen-bond acceptors (Lipinski definition) is 6. The van der Waals surface area contributed by atoms with Crippen LogP contribution >= 0.6 is 11.6 Å². The van der Waals surface area contributed by atoms with Gasteiger partial charge >= 0.3 is 0 Å². The van der Waals surface area contributed by atoms with Crippen molar-refractivity contribution >= 4 is 23.2 Å². The highest BCUT2D eigenvalue weighted by Crippen LogP contribution is 2.29. The average Bonchev–Trinajstić information content (AvgIpc) is 2.74. The quantitative estimate of drug-likeness (QED) is 0.260. The van der Waals surface area contributed by atoms with Gasteiger partial charge in [0.15, 0.2) is 0 Å². The van der Waals surface area contributed by atoms with Gasteiger partial charge in [0.1, 0.15) is 17.1 Å². The molecule has 1 aromatic carbocycles. The fourth-order valence-electron chi connectivity index (χ4n) is 2.56. The minimum absolute atomic E-state index is 0.0709. The molecule has 0 aliphatic carbocycles. The van der Waals surface area contributed by atoms with Crippen LogP contribution in [-0.4, -0.2) is 34.0 Å². The summed E-state index contributed by atoms with van der Waals surface area (Å²) >= 11 is 5.78. The molecule has 1 amide bonds. The smallest absolute Gasteiger partial charge is 0.287 e. The lowest BCUT2D eigenvalue weighted by molar-refractivity contribution is -0.385. The first-order valence-corrected chi connectivity index (χ1v) is 9.15. The SMILES string of the molecule is O=C(NCCCOc1ccccc1-c1ccc([N+](=O)[O-])cn1)c1ccnc(Cl)c1. The molecule has 9 heteroatoms. The Labute approximate surface area is 171 Å². The number of carbonyl (C=O) groups is 1. The minimum atomic E-state index is -0.493. The van der Waals surface area contributed by atoms with E-state index >= 15 is 0 Å². The third kappa shape index (κ3) is 5.49. The fraction of sp³-hybridized carbons (Fsp3) is 0.150. The second kappa shape index (κ2) is 9.61. The second-order valence-corrected chi connectivity index (χ2v) is 6.37. The highest BCUT2D eigenvalue weighted by molar-refractivity contribution is 6.29. The van der Waals surface area contributed by atoms with Crippen LogP contribution in [0.15, 0.2) is 60.9 Å². The van der Waals surface area contributed by atoms with Crippen LogP contribution in [-0.2, 0) is 0 Å². The Morgan fingerprint density at radius 2 is 2.00 bits per heavy atom. The van der Waals surface area contributed by atoms with E-state index in [2.05, 4.69) is 15.3 Å². The first kappa shape index (κ1) is 20.2. The summed E-state index contributed by atoms with van der Waals surface area (Å²) in [6, 6.07) is 13.4. The molecule has 29 heavy (non-hydrogen) atoms. The molecule has 148 valence electrons. The van der Waals surface area contributed by atoms with E-state index < -0.39 is 4.92 Å². The third-order valence-corrected chi connectivity index (χ3v) is 4.18. The van der Waals surface area contributed by atoms with E-state index in [4.69, 9.17) is 16.3 Å². The van der Waals surface area contributed by atoms with Gasteiger partial charge in [-0.2, -0.15) is 0 Å². The van der Waals surface area contributed by atoms with Crippen molar-refractivity contribution in [1.29, 1.82) is 0 Å². The first-order valence-electron chi connectivity index (χ1n) is 8.77. The molecule has 0 aliphatic heterocycles. The number of aromatic nitrogens is 2. The zero-order valence-electron chi connectivity index (χ0n) is 15.2. The van der Waals surface area contributed by atoms with Crippen LogP contribution in [0.25, 0.3) is 11.3 Å². The molecule has 3 aromatic rings. The van der Waals surface area contributed by atoms with Crippen molar-refractivity contribution in [2.24, 2.45) is 0 Å². The van der Waals surface area contributed by atoms with E-state index in [1.165, 1.54) is 24.5 Å². The van der Waals surface area contributed by atoms with Gasteiger partial charge in [-0.3, -0.25) is 14.9 Å². The first-order chi connectivity index (χ1) is 14.0. The van der Waals surface area contributed by atoms with Crippen LogP contribution < -0.4 is 10.1 Å². The minimum Gasteiger partial charge on any atom is -0.493 e. The van der Waals surface area contributed by atoms with Gasteiger partial charge in [-0.1, -0.05) is 23.7 Å². The largest absolute Gasteiger partial charge is 0.493 e. The highest BCUT2D eigenvalue weighted by Gasteiger charge is 2.11. The van der Waals surface area contributed by atoms with Crippen molar-refractivity contribution in [2.75, 3.05) is 13.2 Å². The Balaban J connectivity index is 1.54. The van der Waals surface area contributed by atoms with Gasteiger partial charge in [0.25, 0.3) is 11.6 Å². The summed E-state index contributed by atoms with van der Waals surface area (Å²) in [6.07, 6.45) is 3.28. The predicted octanol–water partition coefficient (Wildman–Crippen LogP) is 3.90. The van der Waals surface area contributed by atoms with E-state index in [0.717, 1.165) is 5.56 Å². The van der Waals surface area contributed by atoms with E-state index in [-0.39, 0.29) is 16.7 Å². The van der Waals surface area contributed by atoms with Crippen LogP contribution in [0.1, 0.15) is 16.8 Å². The van der Waals surface area contributed by atoms with E-state index in [0.29, 0.717) is 36.6 Å². The summed E-state index contributed by atoms with van der Waals surface area (Å²) in [7, 11) is 0. The summed E-state index contributed by atoms with van der Waals surface area (Å²) in [5.74, 6) is 0.380. The van der Waals surface area contributed by atoms with Crippen LogP contribution in [0, 0.1) is 10.1 Å². The van der Waals surface area contributed by atoms with Crippen LogP contribution in [0.4, 0.5) is 5.69 Å². The standard InChI is InChI=1S/C20H17ClN4O4/c21-19-12-14(8-10-22-19)20(26)23-9-3-11-29-18-5-2-1-4-16(18)17-7-6-15(13-24-17)25(27)28/h1-2,4-8,10,12-13H,3,9,11H2,(H,23,26). The molecular weight excluding hydrogens is 396 g/mol. The summed E-state index contributed by atoms with van der Waals surface area (Å²) < 4.78 is 5.82. The van der Waals surface area contributed by atoms with Crippen molar-refractivity contribution in [3.05, 3.63) is 81.8 Å². The van der Waals surface area contributed by atoms with Crippen molar-refractivity contribution in [1.82, 2.24) is 15.3 Å². The number of pyridine rings is 2. The lowest BCUT2D eigenvalue weighted by Crippen LogP contribution is -2.25.